The maximum Gasteiger partial charge on any atom is 0.224 e. The van der Waals surface area contributed by atoms with Gasteiger partial charge < -0.3 is 9.80 Å². The molecule has 0 aliphatic carbocycles. The number of carbonyl (C=O) groups is 2. The van der Waals surface area contributed by atoms with E-state index in [1.165, 1.54) is 0 Å². The van der Waals surface area contributed by atoms with Crippen LogP contribution in [0.3, 0.4) is 0 Å². The van der Waals surface area contributed by atoms with Crippen molar-refractivity contribution in [3.63, 3.8) is 0 Å². The number of aryl methyl sites for hydroxylation is 2. The summed E-state index contributed by atoms with van der Waals surface area (Å²) < 4.78 is 1.79. The van der Waals surface area contributed by atoms with Crippen LogP contribution in [-0.2, 0) is 11.3 Å². The van der Waals surface area contributed by atoms with Crippen molar-refractivity contribution in [2.75, 3.05) is 33.2 Å². The molecule has 0 saturated carbocycles. The lowest BCUT2D eigenvalue weighted by molar-refractivity contribution is -0.156. The van der Waals surface area contributed by atoms with Gasteiger partial charge in [-0.15, -0.1) is 0 Å². The van der Waals surface area contributed by atoms with Gasteiger partial charge in [0, 0.05) is 50.3 Å². The van der Waals surface area contributed by atoms with Crippen LogP contribution in [0.1, 0.15) is 35.1 Å². The summed E-state index contributed by atoms with van der Waals surface area (Å²) in [5.74, 6) is 0.225. The highest BCUT2D eigenvalue weighted by atomic mass is 16.2. The van der Waals surface area contributed by atoms with Crippen LogP contribution in [-0.4, -0.2) is 64.5 Å². The molecule has 120 valence electrons. The van der Waals surface area contributed by atoms with E-state index in [1.807, 2.05) is 18.7 Å². The zero-order chi connectivity index (χ0) is 16.1. The molecule has 1 aromatic rings. The van der Waals surface area contributed by atoms with Crippen LogP contribution in [0.4, 0.5) is 0 Å². The van der Waals surface area contributed by atoms with Crippen molar-refractivity contribution in [2.24, 2.45) is 5.41 Å². The van der Waals surface area contributed by atoms with Gasteiger partial charge >= 0.3 is 0 Å². The highest BCUT2D eigenvalue weighted by molar-refractivity contribution is 5.96. The first-order valence-electron chi connectivity index (χ1n) is 7.83. The normalized spacial score (nSPS) is 19.9. The molecule has 6 heteroatoms. The number of hydrogen-bond acceptors (Lipinski definition) is 4. The summed E-state index contributed by atoms with van der Waals surface area (Å²) >= 11 is 0. The number of carbonyl (C=O) groups excluding carboxylic acids is 2. The molecule has 2 aliphatic rings. The summed E-state index contributed by atoms with van der Waals surface area (Å²) in [7, 11) is 2.12. The van der Waals surface area contributed by atoms with Crippen molar-refractivity contribution in [1.82, 2.24) is 19.6 Å². The van der Waals surface area contributed by atoms with E-state index in [-0.39, 0.29) is 11.7 Å². The Kier molecular flexibility index (Phi) is 3.59. The van der Waals surface area contributed by atoms with Gasteiger partial charge in [0.2, 0.25) is 5.91 Å². The molecule has 0 N–H and O–H groups in total. The third-order valence-corrected chi connectivity index (χ3v) is 4.89. The number of nitrogens with zero attached hydrogens (tertiary/aromatic N) is 4. The van der Waals surface area contributed by atoms with Gasteiger partial charge in [-0.1, -0.05) is 0 Å². The molecule has 6 nitrogen and oxygen atoms in total. The minimum atomic E-state index is 0.0337. The molecular weight excluding hydrogens is 280 g/mol. The van der Waals surface area contributed by atoms with Gasteiger partial charge in [-0.25, -0.2) is 0 Å². The monoisotopic (exact) mass is 304 g/mol. The largest absolute Gasteiger partial charge is 0.341 e. The quantitative estimate of drug-likeness (QED) is 0.774. The molecule has 1 amide bonds. The summed E-state index contributed by atoms with van der Waals surface area (Å²) in [5.41, 5.74) is 2.67. The number of Topliss-reactive ketones (excluding diaryl/α,β-unsaturated/α-hetero) is 1. The molecule has 3 rings (SSSR count). The highest BCUT2D eigenvalue weighted by Crippen LogP contribution is 2.38. The van der Waals surface area contributed by atoms with E-state index in [9.17, 15) is 9.59 Å². The van der Waals surface area contributed by atoms with E-state index in [2.05, 4.69) is 17.0 Å². The summed E-state index contributed by atoms with van der Waals surface area (Å²) in [6.07, 6.45) is 0.450. The maximum absolute atomic E-state index is 12.2. The molecule has 2 aliphatic heterocycles. The van der Waals surface area contributed by atoms with Crippen LogP contribution in [0.2, 0.25) is 0 Å². The Morgan fingerprint density at radius 1 is 1.18 bits per heavy atom. The zero-order valence-corrected chi connectivity index (χ0v) is 13.8. The third kappa shape index (κ3) is 2.45. The molecule has 22 heavy (non-hydrogen) atoms. The molecule has 0 unspecified atom stereocenters. The van der Waals surface area contributed by atoms with Gasteiger partial charge in [0.1, 0.15) is 0 Å². The second kappa shape index (κ2) is 5.19. The van der Waals surface area contributed by atoms with E-state index >= 15 is 0 Å². The van der Waals surface area contributed by atoms with Crippen LogP contribution < -0.4 is 0 Å². The molecule has 0 aromatic carbocycles. The maximum atomic E-state index is 12.2. The Bertz CT molecular complexity index is 620. The fourth-order valence-corrected chi connectivity index (χ4v) is 4.02. The summed E-state index contributed by atoms with van der Waals surface area (Å²) in [4.78, 5) is 28.1. The molecule has 0 bridgehead atoms. The number of hydrogen-bond donors (Lipinski definition) is 0. The summed E-state index contributed by atoms with van der Waals surface area (Å²) in [6.45, 7) is 9.84. The standard InChI is InChI=1S/C16H24N4O2/c1-11-15(13(3)21)12(2)20(17-11)6-5-14(22)19-9-16(10-19)7-18(4)8-16/h5-10H2,1-4H3. The smallest absolute Gasteiger partial charge is 0.224 e. The van der Waals surface area contributed by atoms with Gasteiger partial charge in [0.05, 0.1) is 11.3 Å². The van der Waals surface area contributed by atoms with Crippen molar-refractivity contribution in [3.05, 3.63) is 17.0 Å². The van der Waals surface area contributed by atoms with Crippen LogP contribution in [0.15, 0.2) is 0 Å². The third-order valence-electron chi connectivity index (χ3n) is 4.89. The number of amides is 1. The average molecular weight is 304 g/mol. The molecule has 1 aromatic heterocycles. The fourth-order valence-electron chi connectivity index (χ4n) is 4.02. The first-order valence-corrected chi connectivity index (χ1v) is 7.83. The first-order chi connectivity index (χ1) is 10.3. The molecule has 1 spiro atoms. The molecule has 0 atom stereocenters. The lowest BCUT2D eigenvalue weighted by Gasteiger charge is -2.59. The van der Waals surface area contributed by atoms with Crippen molar-refractivity contribution in [2.45, 2.75) is 33.7 Å². The number of rotatable bonds is 4. The molecule has 0 radical (unpaired) electrons. The fraction of sp³-hybridized carbons (Fsp3) is 0.688. The lowest BCUT2D eigenvalue weighted by atomic mass is 9.73. The van der Waals surface area contributed by atoms with Crippen LogP contribution in [0.5, 0.6) is 0 Å². The average Bonchev–Trinajstić information content (AvgIpc) is 2.64. The number of aromatic nitrogens is 2. The van der Waals surface area contributed by atoms with Gasteiger partial charge in [0.25, 0.3) is 0 Å². The molecule has 3 heterocycles. The highest BCUT2D eigenvalue weighted by Gasteiger charge is 2.51. The predicted octanol–water partition coefficient (Wildman–Crippen LogP) is 0.867. The van der Waals surface area contributed by atoms with E-state index in [0.717, 1.165) is 37.6 Å². The Labute approximate surface area is 131 Å². The van der Waals surface area contributed by atoms with Crippen molar-refractivity contribution in [1.29, 1.82) is 0 Å². The minimum Gasteiger partial charge on any atom is -0.341 e. The second-order valence-electron chi connectivity index (χ2n) is 7.00. The van der Waals surface area contributed by atoms with Gasteiger partial charge in [-0.3, -0.25) is 14.3 Å². The van der Waals surface area contributed by atoms with Crippen molar-refractivity contribution >= 4 is 11.7 Å². The van der Waals surface area contributed by atoms with Crippen molar-refractivity contribution in [3.8, 4) is 0 Å². The minimum absolute atomic E-state index is 0.0337. The summed E-state index contributed by atoms with van der Waals surface area (Å²) in [6, 6.07) is 0. The Morgan fingerprint density at radius 3 is 2.32 bits per heavy atom. The van der Waals surface area contributed by atoms with Gasteiger partial charge in [-0.2, -0.15) is 5.10 Å². The van der Waals surface area contributed by atoms with Crippen molar-refractivity contribution < 1.29 is 9.59 Å². The lowest BCUT2D eigenvalue weighted by Crippen LogP contribution is -2.72. The van der Waals surface area contributed by atoms with Gasteiger partial charge in [0.15, 0.2) is 5.78 Å². The Hall–Kier alpha value is -1.69. The predicted molar refractivity (Wildman–Crippen MR) is 82.8 cm³/mol. The Morgan fingerprint density at radius 2 is 1.82 bits per heavy atom. The van der Waals surface area contributed by atoms with Crippen LogP contribution in [0, 0.1) is 19.3 Å². The van der Waals surface area contributed by atoms with E-state index in [0.29, 0.717) is 23.9 Å². The topological polar surface area (TPSA) is 58.4 Å². The van der Waals surface area contributed by atoms with E-state index < -0.39 is 0 Å². The SMILES string of the molecule is CC(=O)c1c(C)nn(CCC(=O)N2CC3(CN(C)C3)C2)c1C. The Balaban J connectivity index is 1.54. The van der Waals surface area contributed by atoms with Crippen LogP contribution >= 0.6 is 0 Å². The van der Waals surface area contributed by atoms with Gasteiger partial charge in [-0.05, 0) is 27.8 Å². The first kappa shape index (κ1) is 15.2. The van der Waals surface area contributed by atoms with E-state index in [4.69, 9.17) is 0 Å². The molecule has 2 saturated heterocycles. The second-order valence-corrected chi connectivity index (χ2v) is 7.00. The molecule has 2 fully saturated rings. The summed E-state index contributed by atoms with van der Waals surface area (Å²) in [5, 5.41) is 4.39. The molecular formula is C16H24N4O2. The number of likely N-dealkylation sites (tertiary alicyclic amines) is 2. The van der Waals surface area contributed by atoms with Crippen LogP contribution in [0.25, 0.3) is 0 Å². The van der Waals surface area contributed by atoms with E-state index in [1.54, 1.807) is 11.6 Å². The zero-order valence-electron chi connectivity index (χ0n) is 13.8. The number of ketones is 1.